The Morgan fingerprint density at radius 3 is 2.74 bits per heavy atom. The zero-order chi connectivity index (χ0) is 13.8. The smallest absolute Gasteiger partial charge is 0.169 e. The minimum Gasteiger partial charge on any atom is -0.497 e. The highest BCUT2D eigenvalue weighted by Crippen LogP contribution is 2.21. The Morgan fingerprint density at radius 2 is 2.05 bits per heavy atom. The Kier molecular flexibility index (Phi) is 4.07. The van der Waals surface area contributed by atoms with Crippen molar-refractivity contribution < 1.29 is 9.53 Å². The molecule has 0 spiro atoms. The van der Waals surface area contributed by atoms with Gasteiger partial charge in [-0.1, -0.05) is 23.7 Å². The molecule has 0 aliphatic rings. The van der Waals surface area contributed by atoms with E-state index in [4.69, 9.17) is 22.1 Å². The van der Waals surface area contributed by atoms with Crippen molar-refractivity contribution in [2.24, 2.45) is 0 Å². The zero-order valence-electron chi connectivity index (χ0n) is 10.5. The van der Waals surface area contributed by atoms with E-state index in [1.807, 2.05) is 12.1 Å². The summed E-state index contributed by atoms with van der Waals surface area (Å²) in [7, 11) is 1.55. The van der Waals surface area contributed by atoms with Gasteiger partial charge in [0.25, 0.3) is 0 Å². The number of ether oxygens (including phenoxy) is 1. The molecule has 19 heavy (non-hydrogen) atoms. The lowest BCUT2D eigenvalue weighted by molar-refractivity contribution is 0.0993. The van der Waals surface area contributed by atoms with Gasteiger partial charge in [0.1, 0.15) is 5.75 Å². The van der Waals surface area contributed by atoms with Crippen molar-refractivity contribution in [3.63, 3.8) is 0 Å². The SMILES string of the molecule is COc1ccc(N)c(C(=O)Cc2cccc(Cl)c2)c1. The Labute approximate surface area is 117 Å². The molecule has 98 valence electrons. The van der Waals surface area contributed by atoms with Gasteiger partial charge in [0.05, 0.1) is 7.11 Å². The Bertz CT molecular complexity index is 611. The third kappa shape index (κ3) is 3.26. The first-order valence-corrected chi connectivity index (χ1v) is 6.19. The van der Waals surface area contributed by atoms with E-state index >= 15 is 0 Å². The van der Waals surface area contributed by atoms with Gasteiger partial charge in [-0.3, -0.25) is 4.79 Å². The number of hydrogen-bond donors (Lipinski definition) is 1. The normalized spacial score (nSPS) is 10.2. The molecule has 0 aliphatic carbocycles. The summed E-state index contributed by atoms with van der Waals surface area (Å²) in [4.78, 5) is 12.2. The number of rotatable bonds is 4. The van der Waals surface area contributed by atoms with E-state index < -0.39 is 0 Å². The zero-order valence-corrected chi connectivity index (χ0v) is 11.3. The molecule has 2 aromatic rings. The molecule has 0 aromatic heterocycles. The third-order valence-electron chi connectivity index (χ3n) is 2.81. The molecular formula is C15H14ClNO2. The van der Waals surface area contributed by atoms with E-state index in [2.05, 4.69) is 0 Å². The van der Waals surface area contributed by atoms with Crippen molar-refractivity contribution in [3.05, 3.63) is 58.6 Å². The maximum absolute atomic E-state index is 12.2. The first kappa shape index (κ1) is 13.4. The first-order valence-electron chi connectivity index (χ1n) is 5.81. The van der Waals surface area contributed by atoms with Gasteiger partial charge in [0.15, 0.2) is 5.78 Å². The summed E-state index contributed by atoms with van der Waals surface area (Å²) in [6.07, 6.45) is 0.262. The second-order valence-electron chi connectivity index (χ2n) is 4.18. The predicted octanol–water partition coefficient (Wildman–Crippen LogP) is 3.36. The number of anilines is 1. The van der Waals surface area contributed by atoms with E-state index in [-0.39, 0.29) is 12.2 Å². The van der Waals surface area contributed by atoms with Crippen LogP contribution in [0.1, 0.15) is 15.9 Å². The van der Waals surface area contributed by atoms with E-state index in [1.54, 1.807) is 37.4 Å². The molecule has 2 rings (SSSR count). The van der Waals surface area contributed by atoms with Crippen LogP contribution >= 0.6 is 11.6 Å². The summed E-state index contributed by atoms with van der Waals surface area (Å²) in [6.45, 7) is 0. The molecule has 0 aliphatic heterocycles. The molecule has 4 heteroatoms. The van der Waals surface area contributed by atoms with Crippen LogP contribution in [0.2, 0.25) is 5.02 Å². The van der Waals surface area contributed by atoms with E-state index in [9.17, 15) is 4.79 Å². The lowest BCUT2D eigenvalue weighted by Crippen LogP contribution is -2.07. The Morgan fingerprint density at radius 1 is 1.26 bits per heavy atom. The van der Waals surface area contributed by atoms with Gasteiger partial charge in [-0.15, -0.1) is 0 Å². The summed E-state index contributed by atoms with van der Waals surface area (Å²) in [5.41, 5.74) is 7.61. The molecule has 2 aromatic carbocycles. The van der Waals surface area contributed by atoms with Crippen molar-refractivity contribution in [1.29, 1.82) is 0 Å². The fraction of sp³-hybridized carbons (Fsp3) is 0.133. The summed E-state index contributed by atoms with van der Waals surface area (Å²) in [5.74, 6) is 0.558. The summed E-state index contributed by atoms with van der Waals surface area (Å²) >= 11 is 5.90. The van der Waals surface area contributed by atoms with Crippen LogP contribution in [0.15, 0.2) is 42.5 Å². The number of methoxy groups -OCH3 is 1. The van der Waals surface area contributed by atoms with E-state index in [0.29, 0.717) is 22.0 Å². The molecule has 0 radical (unpaired) electrons. The maximum Gasteiger partial charge on any atom is 0.169 e. The standard InChI is InChI=1S/C15H14ClNO2/c1-19-12-5-6-14(17)13(9-12)15(18)8-10-3-2-4-11(16)7-10/h2-7,9H,8,17H2,1H3. The summed E-state index contributed by atoms with van der Waals surface area (Å²) in [5, 5.41) is 0.615. The monoisotopic (exact) mass is 275 g/mol. The topological polar surface area (TPSA) is 52.3 Å². The van der Waals surface area contributed by atoms with Gasteiger partial charge >= 0.3 is 0 Å². The van der Waals surface area contributed by atoms with Crippen molar-refractivity contribution in [2.75, 3.05) is 12.8 Å². The number of nitrogen functional groups attached to an aromatic ring is 1. The molecule has 0 atom stereocenters. The van der Waals surface area contributed by atoms with Crippen LogP contribution in [0, 0.1) is 0 Å². The fourth-order valence-electron chi connectivity index (χ4n) is 1.83. The van der Waals surface area contributed by atoms with Gasteiger partial charge in [-0.25, -0.2) is 0 Å². The molecule has 2 N–H and O–H groups in total. The van der Waals surface area contributed by atoms with Gasteiger partial charge in [-0.05, 0) is 35.9 Å². The average Bonchev–Trinajstić information content (AvgIpc) is 2.39. The second-order valence-corrected chi connectivity index (χ2v) is 4.62. The Hall–Kier alpha value is -2.00. The van der Waals surface area contributed by atoms with Crippen LogP contribution in [0.4, 0.5) is 5.69 Å². The van der Waals surface area contributed by atoms with E-state index in [0.717, 1.165) is 5.56 Å². The molecule has 0 saturated carbocycles. The molecule has 0 unspecified atom stereocenters. The lowest BCUT2D eigenvalue weighted by atomic mass is 10.0. The van der Waals surface area contributed by atoms with Crippen LogP contribution < -0.4 is 10.5 Å². The molecule has 0 heterocycles. The molecule has 0 saturated heterocycles. The number of ketones is 1. The molecule has 3 nitrogen and oxygen atoms in total. The molecular weight excluding hydrogens is 262 g/mol. The lowest BCUT2D eigenvalue weighted by Gasteiger charge is -2.07. The largest absolute Gasteiger partial charge is 0.497 e. The van der Waals surface area contributed by atoms with Gasteiger partial charge in [0.2, 0.25) is 0 Å². The average molecular weight is 276 g/mol. The highest BCUT2D eigenvalue weighted by molar-refractivity contribution is 6.30. The van der Waals surface area contributed by atoms with Crippen LogP contribution in [-0.4, -0.2) is 12.9 Å². The first-order chi connectivity index (χ1) is 9.10. The predicted molar refractivity (Wildman–Crippen MR) is 76.9 cm³/mol. The second kappa shape index (κ2) is 5.76. The molecule has 0 bridgehead atoms. The number of Topliss-reactive ketones (excluding diaryl/α,β-unsaturated/α-hetero) is 1. The quantitative estimate of drug-likeness (QED) is 0.688. The summed E-state index contributed by atoms with van der Waals surface area (Å²) < 4.78 is 5.10. The fourth-order valence-corrected chi connectivity index (χ4v) is 2.04. The van der Waals surface area contributed by atoms with Gasteiger partial charge in [0, 0.05) is 22.7 Å². The van der Waals surface area contributed by atoms with Crippen LogP contribution in [-0.2, 0) is 6.42 Å². The van der Waals surface area contributed by atoms with Crippen LogP contribution in [0.5, 0.6) is 5.75 Å². The number of carbonyl (C=O) groups is 1. The molecule has 0 fully saturated rings. The van der Waals surface area contributed by atoms with Crippen LogP contribution in [0.25, 0.3) is 0 Å². The van der Waals surface area contributed by atoms with E-state index in [1.165, 1.54) is 0 Å². The number of benzene rings is 2. The highest BCUT2D eigenvalue weighted by Gasteiger charge is 2.12. The van der Waals surface area contributed by atoms with Crippen molar-refractivity contribution in [3.8, 4) is 5.75 Å². The minimum absolute atomic E-state index is 0.0568. The van der Waals surface area contributed by atoms with Crippen molar-refractivity contribution >= 4 is 23.1 Å². The minimum atomic E-state index is -0.0568. The molecule has 0 amide bonds. The van der Waals surface area contributed by atoms with Crippen molar-refractivity contribution in [2.45, 2.75) is 6.42 Å². The maximum atomic E-state index is 12.2. The third-order valence-corrected chi connectivity index (χ3v) is 3.05. The highest BCUT2D eigenvalue weighted by atomic mass is 35.5. The number of carbonyl (C=O) groups excluding carboxylic acids is 1. The summed E-state index contributed by atoms with van der Waals surface area (Å²) in [6, 6.07) is 12.3. The van der Waals surface area contributed by atoms with Crippen LogP contribution in [0.3, 0.4) is 0 Å². The Balaban J connectivity index is 2.25. The number of nitrogens with two attached hydrogens (primary N) is 1. The number of halogens is 1. The number of hydrogen-bond acceptors (Lipinski definition) is 3. The van der Waals surface area contributed by atoms with Gasteiger partial charge < -0.3 is 10.5 Å². The van der Waals surface area contributed by atoms with Crippen molar-refractivity contribution in [1.82, 2.24) is 0 Å². The van der Waals surface area contributed by atoms with Gasteiger partial charge in [-0.2, -0.15) is 0 Å².